The average Bonchev–Trinajstić information content (AvgIpc) is 3.09. The Morgan fingerprint density at radius 1 is 1.00 bits per heavy atom. The van der Waals surface area contributed by atoms with Crippen molar-refractivity contribution in [2.45, 2.75) is 25.7 Å². The summed E-state index contributed by atoms with van der Waals surface area (Å²) in [6.45, 7) is 1.69. The van der Waals surface area contributed by atoms with Gasteiger partial charge in [0.1, 0.15) is 5.56 Å². The molecular weight excluding hydrogens is 300 g/mol. The van der Waals surface area contributed by atoms with Gasteiger partial charge >= 0.3 is 0 Å². The summed E-state index contributed by atoms with van der Waals surface area (Å²) in [5.41, 5.74) is 0.809. The summed E-state index contributed by atoms with van der Waals surface area (Å²) in [6.07, 6.45) is 5.35. The van der Waals surface area contributed by atoms with Crippen molar-refractivity contribution in [1.29, 1.82) is 0 Å². The highest BCUT2D eigenvalue weighted by Crippen LogP contribution is 2.51. The van der Waals surface area contributed by atoms with E-state index >= 15 is 0 Å². The van der Waals surface area contributed by atoms with Crippen LogP contribution in [0.15, 0.2) is 35.1 Å². The molecule has 3 aliphatic carbocycles. The molecule has 0 radical (unpaired) electrons. The van der Waals surface area contributed by atoms with Crippen molar-refractivity contribution < 1.29 is 4.79 Å². The Morgan fingerprint density at radius 2 is 1.62 bits per heavy atom. The fourth-order valence-electron chi connectivity index (χ4n) is 5.50. The fraction of sp³-hybridized carbons (Fsp3) is 0.500. The Balaban J connectivity index is 1.47. The van der Waals surface area contributed by atoms with E-state index in [-0.39, 0.29) is 11.5 Å². The molecule has 124 valence electrons. The number of para-hydroxylation sites is 1. The molecule has 4 nitrogen and oxygen atoms in total. The zero-order valence-electron chi connectivity index (χ0n) is 13.7. The lowest BCUT2D eigenvalue weighted by Crippen LogP contribution is -2.38. The molecule has 3 saturated carbocycles. The maximum atomic E-state index is 13.0. The average molecular weight is 322 g/mol. The number of rotatable bonds is 1. The lowest BCUT2D eigenvalue weighted by Gasteiger charge is -2.44. The first-order chi connectivity index (χ1) is 11.7. The highest BCUT2D eigenvalue weighted by atomic mass is 16.2. The van der Waals surface area contributed by atoms with E-state index in [4.69, 9.17) is 0 Å². The first kappa shape index (κ1) is 14.3. The normalized spacial score (nSPS) is 31.4. The summed E-state index contributed by atoms with van der Waals surface area (Å²) >= 11 is 0. The van der Waals surface area contributed by atoms with Gasteiger partial charge in [-0.3, -0.25) is 9.59 Å². The lowest BCUT2D eigenvalue weighted by atomic mass is 9.60. The predicted molar refractivity (Wildman–Crippen MR) is 92.9 cm³/mol. The van der Waals surface area contributed by atoms with Crippen molar-refractivity contribution >= 4 is 16.8 Å². The molecule has 4 fully saturated rings. The number of carbonyl (C=O) groups is 1. The standard InChI is InChI=1S/C20H22N2O2/c23-19-15(9-14-3-1-2-4-18(14)21-19)20(24)22-10-16-12-5-6-13(8-7-12)17(16)11-22/h1-4,9,12-13,16-17H,5-8,10-11H2,(H,21,23)/t12?,13?,16-,17+. The smallest absolute Gasteiger partial charge is 0.261 e. The number of likely N-dealkylation sites (tertiary alicyclic amines) is 1. The third kappa shape index (κ3) is 2.05. The topological polar surface area (TPSA) is 53.2 Å². The number of fused-ring (bicyclic) bond motifs is 3. The van der Waals surface area contributed by atoms with Gasteiger partial charge in [0, 0.05) is 18.6 Å². The molecule has 4 aliphatic rings. The van der Waals surface area contributed by atoms with E-state index < -0.39 is 0 Å². The second-order valence-electron chi connectivity index (χ2n) is 7.81. The molecule has 0 spiro atoms. The van der Waals surface area contributed by atoms with Gasteiger partial charge in [0.2, 0.25) is 0 Å². The minimum absolute atomic E-state index is 0.0872. The van der Waals surface area contributed by atoms with E-state index in [9.17, 15) is 9.59 Å². The summed E-state index contributed by atoms with van der Waals surface area (Å²) in [5, 5.41) is 0.914. The van der Waals surface area contributed by atoms with E-state index in [0.29, 0.717) is 17.4 Å². The molecule has 1 N–H and O–H groups in total. The highest BCUT2D eigenvalue weighted by Gasteiger charge is 2.49. The van der Waals surface area contributed by atoms with Gasteiger partial charge in [-0.1, -0.05) is 18.2 Å². The van der Waals surface area contributed by atoms with E-state index in [1.807, 2.05) is 29.2 Å². The summed E-state index contributed by atoms with van der Waals surface area (Å²) in [7, 11) is 0. The third-order valence-electron chi connectivity index (χ3n) is 6.71. The summed E-state index contributed by atoms with van der Waals surface area (Å²) in [5.74, 6) is 2.85. The molecule has 2 heterocycles. The van der Waals surface area contributed by atoms with E-state index in [0.717, 1.165) is 35.8 Å². The van der Waals surface area contributed by atoms with Crippen LogP contribution < -0.4 is 5.56 Å². The number of H-pyrrole nitrogens is 1. The number of aromatic amines is 1. The zero-order chi connectivity index (χ0) is 16.3. The van der Waals surface area contributed by atoms with Crippen molar-refractivity contribution in [2.75, 3.05) is 13.1 Å². The molecule has 1 saturated heterocycles. The molecule has 1 aromatic carbocycles. The van der Waals surface area contributed by atoms with Crippen molar-refractivity contribution in [3.63, 3.8) is 0 Å². The minimum Gasteiger partial charge on any atom is -0.338 e. The quantitative estimate of drug-likeness (QED) is 0.877. The van der Waals surface area contributed by atoms with Crippen LogP contribution in [0.2, 0.25) is 0 Å². The molecule has 1 aromatic heterocycles. The van der Waals surface area contributed by atoms with Crippen molar-refractivity contribution in [3.8, 4) is 0 Å². The number of aromatic nitrogens is 1. The first-order valence-corrected chi connectivity index (χ1v) is 9.12. The molecule has 2 atom stereocenters. The minimum atomic E-state index is -0.267. The van der Waals surface area contributed by atoms with Gasteiger partial charge in [-0.15, -0.1) is 0 Å². The van der Waals surface area contributed by atoms with Crippen molar-refractivity contribution in [1.82, 2.24) is 9.88 Å². The molecule has 0 unspecified atom stereocenters. The molecule has 1 aliphatic heterocycles. The number of nitrogens with one attached hydrogen (secondary N) is 1. The second kappa shape index (κ2) is 5.20. The lowest BCUT2D eigenvalue weighted by molar-refractivity contribution is 0.0577. The SMILES string of the molecule is O=C(c1cc2ccccc2[nH]c1=O)N1C[C@@H]2C3CCC(CC3)[C@@H]2C1. The number of hydrogen-bond acceptors (Lipinski definition) is 2. The van der Waals surface area contributed by atoms with Gasteiger partial charge in [-0.25, -0.2) is 0 Å². The van der Waals surface area contributed by atoms with Crippen LogP contribution >= 0.6 is 0 Å². The fourth-order valence-corrected chi connectivity index (χ4v) is 5.50. The number of pyridine rings is 1. The summed E-state index contributed by atoms with van der Waals surface area (Å²) < 4.78 is 0. The molecule has 6 rings (SSSR count). The molecule has 4 heteroatoms. The van der Waals surface area contributed by atoms with Crippen molar-refractivity contribution in [3.05, 3.63) is 46.2 Å². The third-order valence-corrected chi connectivity index (χ3v) is 6.71. The first-order valence-electron chi connectivity index (χ1n) is 9.12. The van der Waals surface area contributed by atoms with Gasteiger partial charge < -0.3 is 9.88 Å². The van der Waals surface area contributed by atoms with Gasteiger partial charge in [-0.05, 0) is 66.9 Å². The number of amides is 1. The Labute approximate surface area is 140 Å². The Bertz CT molecular complexity index is 843. The van der Waals surface area contributed by atoms with Crippen molar-refractivity contribution in [2.24, 2.45) is 23.7 Å². The van der Waals surface area contributed by atoms with Gasteiger partial charge in [0.25, 0.3) is 11.5 Å². The number of nitrogens with zero attached hydrogens (tertiary/aromatic N) is 1. The van der Waals surface area contributed by atoms with Crippen LogP contribution in [0.1, 0.15) is 36.0 Å². The maximum Gasteiger partial charge on any atom is 0.261 e. The molecular formula is C20H22N2O2. The van der Waals surface area contributed by atoms with E-state index in [2.05, 4.69) is 4.98 Å². The van der Waals surface area contributed by atoms with Crippen LogP contribution in [0.3, 0.4) is 0 Å². The predicted octanol–water partition coefficient (Wildman–Crippen LogP) is 3.04. The van der Waals surface area contributed by atoms with Crippen LogP contribution in [0, 0.1) is 23.7 Å². The van der Waals surface area contributed by atoms with E-state index in [1.54, 1.807) is 6.07 Å². The second-order valence-corrected chi connectivity index (χ2v) is 7.81. The van der Waals surface area contributed by atoms with Crippen LogP contribution in [-0.4, -0.2) is 28.9 Å². The van der Waals surface area contributed by atoms with E-state index in [1.165, 1.54) is 25.7 Å². The largest absolute Gasteiger partial charge is 0.338 e. The Kier molecular flexibility index (Phi) is 3.09. The molecule has 24 heavy (non-hydrogen) atoms. The van der Waals surface area contributed by atoms with Gasteiger partial charge in [-0.2, -0.15) is 0 Å². The Hall–Kier alpha value is -2.10. The molecule has 2 bridgehead atoms. The van der Waals surface area contributed by atoms with Gasteiger partial charge in [0.15, 0.2) is 0 Å². The molecule has 1 amide bonds. The van der Waals surface area contributed by atoms with Crippen LogP contribution in [-0.2, 0) is 0 Å². The maximum absolute atomic E-state index is 13.0. The summed E-state index contributed by atoms with van der Waals surface area (Å²) in [4.78, 5) is 30.2. The monoisotopic (exact) mass is 322 g/mol. The summed E-state index contributed by atoms with van der Waals surface area (Å²) in [6, 6.07) is 9.38. The van der Waals surface area contributed by atoms with Crippen LogP contribution in [0.4, 0.5) is 0 Å². The number of hydrogen-bond donors (Lipinski definition) is 1. The Morgan fingerprint density at radius 3 is 2.29 bits per heavy atom. The number of benzene rings is 1. The van der Waals surface area contributed by atoms with Crippen LogP contribution in [0.25, 0.3) is 10.9 Å². The van der Waals surface area contributed by atoms with Crippen LogP contribution in [0.5, 0.6) is 0 Å². The zero-order valence-corrected chi connectivity index (χ0v) is 13.7. The molecule has 2 aromatic rings. The van der Waals surface area contributed by atoms with Gasteiger partial charge in [0.05, 0.1) is 0 Å². The number of carbonyl (C=O) groups excluding carboxylic acids is 1. The highest BCUT2D eigenvalue weighted by molar-refractivity contribution is 5.97.